The van der Waals surface area contributed by atoms with E-state index in [1.807, 2.05) is 30.5 Å². The van der Waals surface area contributed by atoms with Crippen molar-refractivity contribution in [2.24, 2.45) is 10.4 Å². The molecule has 0 aliphatic carbocycles. The second kappa shape index (κ2) is 11.6. The van der Waals surface area contributed by atoms with Crippen molar-refractivity contribution in [3.8, 4) is 11.8 Å². The number of likely N-dealkylation sites (N-methyl/N-ethyl adjacent to an activating group) is 1. The van der Waals surface area contributed by atoms with Gasteiger partial charge in [-0.2, -0.15) is 5.26 Å². The van der Waals surface area contributed by atoms with Crippen molar-refractivity contribution in [3.05, 3.63) is 71.3 Å². The molecule has 3 unspecified atom stereocenters. The zero-order chi connectivity index (χ0) is 29.3. The fourth-order valence-electron chi connectivity index (χ4n) is 6.15. The van der Waals surface area contributed by atoms with E-state index in [1.54, 1.807) is 4.90 Å². The number of nitrogens with zero attached hydrogens (tertiary/aromatic N) is 4. The lowest BCUT2D eigenvalue weighted by Crippen LogP contribution is -2.44. The highest BCUT2D eigenvalue weighted by atomic mass is 16.5. The van der Waals surface area contributed by atoms with E-state index in [1.165, 1.54) is 12.7 Å². The van der Waals surface area contributed by atoms with Crippen molar-refractivity contribution in [2.45, 2.75) is 31.8 Å². The molecule has 10 nitrogen and oxygen atoms in total. The molecule has 4 aliphatic rings. The summed E-state index contributed by atoms with van der Waals surface area (Å²) in [6.45, 7) is 6.33. The van der Waals surface area contributed by atoms with Crippen molar-refractivity contribution >= 4 is 29.1 Å². The molecule has 6 rings (SSSR count). The Kier molecular flexibility index (Phi) is 7.73. The molecule has 10 heteroatoms. The zero-order valence-corrected chi connectivity index (χ0v) is 23.9. The van der Waals surface area contributed by atoms with Crippen molar-refractivity contribution in [3.63, 3.8) is 0 Å². The van der Waals surface area contributed by atoms with E-state index < -0.39 is 11.6 Å². The number of likely N-dealkylation sites (tertiary alicyclic amines) is 1. The van der Waals surface area contributed by atoms with Crippen LogP contribution < -0.4 is 20.3 Å². The van der Waals surface area contributed by atoms with Crippen LogP contribution in [0.1, 0.15) is 30.0 Å². The Labute approximate surface area is 245 Å². The number of carbonyl (C=O) groups is 1. The highest BCUT2D eigenvalue weighted by Crippen LogP contribution is 2.47. The number of aliphatic imine (C=N–C) groups is 1. The van der Waals surface area contributed by atoms with Crippen LogP contribution in [0.15, 0.2) is 59.6 Å². The van der Waals surface area contributed by atoms with Crippen molar-refractivity contribution < 1.29 is 19.4 Å². The number of benzene rings is 2. The number of morpholine rings is 1. The number of dihydropyridines is 1. The Morgan fingerprint density at radius 3 is 2.71 bits per heavy atom. The number of nitriles is 1. The number of aliphatic hydroxyl groups excluding tert-OH is 1. The van der Waals surface area contributed by atoms with E-state index in [9.17, 15) is 15.2 Å². The normalized spacial score (nSPS) is 25.7. The number of carbonyl (C=O) groups excluding carboxylic acids is 1. The van der Waals surface area contributed by atoms with Crippen LogP contribution in [-0.2, 0) is 9.53 Å². The van der Waals surface area contributed by atoms with Gasteiger partial charge in [-0.1, -0.05) is 18.2 Å². The standard InChI is InChI=1S/C32H36N6O4/c1-32-18-27(21-3-6-24(7-4-21)37-13-15-41-16-14-37)36-31(32)35-11-9-26(32)22-5-8-28(23(17-22)19-33)42-25-10-12-38(20-25)30(40)29(39)34-2/h3-9,11,17-18,25,29,31,34,36,39H,10,12-16,20H2,1-2H3/t25-,29?,31?,32?/m1/s1. The summed E-state index contributed by atoms with van der Waals surface area (Å²) in [5.41, 5.74) is 5.35. The van der Waals surface area contributed by atoms with Crippen LogP contribution in [-0.4, -0.2) is 87.1 Å². The van der Waals surface area contributed by atoms with E-state index >= 15 is 0 Å². The second-order valence-corrected chi connectivity index (χ2v) is 11.2. The molecule has 218 valence electrons. The summed E-state index contributed by atoms with van der Waals surface area (Å²) in [6, 6.07) is 16.6. The minimum Gasteiger partial charge on any atom is -0.487 e. The lowest BCUT2D eigenvalue weighted by molar-refractivity contribution is -0.140. The number of ether oxygens (including phenoxy) is 2. The van der Waals surface area contributed by atoms with Gasteiger partial charge in [0.2, 0.25) is 0 Å². The van der Waals surface area contributed by atoms with Gasteiger partial charge in [-0.05, 0) is 67.1 Å². The minimum atomic E-state index is -1.23. The summed E-state index contributed by atoms with van der Waals surface area (Å²) in [6.07, 6.45) is 5.06. The third kappa shape index (κ3) is 5.27. The molecule has 0 bridgehead atoms. The van der Waals surface area contributed by atoms with Crippen molar-refractivity contribution in [1.29, 1.82) is 5.26 Å². The number of fused-ring (bicyclic) bond motifs is 1. The molecule has 42 heavy (non-hydrogen) atoms. The molecule has 4 atom stereocenters. The molecular weight excluding hydrogens is 532 g/mol. The number of hydrogen-bond acceptors (Lipinski definition) is 9. The first kappa shape index (κ1) is 28.0. The van der Waals surface area contributed by atoms with Gasteiger partial charge in [-0.25, -0.2) is 0 Å². The smallest absolute Gasteiger partial charge is 0.266 e. The topological polar surface area (TPSA) is 122 Å². The molecular formula is C32H36N6O4. The Bertz CT molecular complexity index is 1470. The number of allylic oxidation sites excluding steroid dienone is 1. The third-order valence-corrected chi connectivity index (χ3v) is 8.58. The van der Waals surface area contributed by atoms with Crippen LogP contribution in [0.25, 0.3) is 11.3 Å². The zero-order valence-electron chi connectivity index (χ0n) is 23.9. The van der Waals surface area contributed by atoms with Gasteiger partial charge in [0, 0.05) is 43.7 Å². The van der Waals surface area contributed by atoms with Gasteiger partial charge in [0.15, 0.2) is 6.23 Å². The molecule has 1 amide bonds. The number of amides is 1. The molecule has 2 fully saturated rings. The van der Waals surface area contributed by atoms with E-state index in [0.29, 0.717) is 30.8 Å². The Balaban J connectivity index is 1.19. The van der Waals surface area contributed by atoms with E-state index in [2.05, 4.69) is 58.9 Å². The maximum absolute atomic E-state index is 12.3. The summed E-state index contributed by atoms with van der Waals surface area (Å²) in [5.74, 6) is 0.112. The number of anilines is 1. The van der Waals surface area contributed by atoms with Gasteiger partial charge < -0.3 is 29.7 Å². The van der Waals surface area contributed by atoms with Crippen LogP contribution in [0.5, 0.6) is 5.75 Å². The van der Waals surface area contributed by atoms with Crippen LogP contribution in [0, 0.1) is 16.7 Å². The molecule has 0 aromatic heterocycles. The lowest BCUT2D eigenvalue weighted by atomic mass is 9.75. The number of nitrogens with one attached hydrogen (secondary N) is 2. The fraction of sp³-hybridized carbons (Fsp3) is 0.406. The highest BCUT2D eigenvalue weighted by molar-refractivity contribution is 5.92. The first-order chi connectivity index (χ1) is 20.4. The maximum Gasteiger partial charge on any atom is 0.266 e. The molecule has 2 saturated heterocycles. The molecule has 0 spiro atoms. The fourth-order valence-corrected chi connectivity index (χ4v) is 6.15. The first-order valence-corrected chi connectivity index (χ1v) is 14.4. The van der Waals surface area contributed by atoms with Crippen LogP contribution in [0.2, 0.25) is 0 Å². The molecule has 4 aliphatic heterocycles. The van der Waals surface area contributed by atoms with Gasteiger partial charge in [-0.3, -0.25) is 15.1 Å². The van der Waals surface area contributed by atoms with E-state index in [0.717, 1.165) is 48.7 Å². The average Bonchev–Trinajstić information content (AvgIpc) is 3.65. The number of hydrogen-bond donors (Lipinski definition) is 3. The predicted molar refractivity (Wildman–Crippen MR) is 161 cm³/mol. The first-order valence-electron chi connectivity index (χ1n) is 14.4. The molecule has 2 aromatic rings. The quantitative estimate of drug-likeness (QED) is 0.435. The van der Waals surface area contributed by atoms with Crippen molar-refractivity contribution in [1.82, 2.24) is 15.5 Å². The van der Waals surface area contributed by atoms with Gasteiger partial charge >= 0.3 is 0 Å². The number of aliphatic hydroxyl groups is 1. The van der Waals surface area contributed by atoms with Crippen LogP contribution in [0.3, 0.4) is 0 Å². The SMILES string of the molecule is CNC(O)C(=O)N1CC[C@@H](Oc2ccc(C3=CC=NC4NC(c5ccc(N6CCOCC6)cc5)=CC34C)cc2C#N)C1. The highest BCUT2D eigenvalue weighted by Gasteiger charge is 2.43. The second-order valence-electron chi connectivity index (χ2n) is 11.2. The summed E-state index contributed by atoms with van der Waals surface area (Å²) in [5, 5.41) is 26.0. The molecule has 3 N–H and O–H groups in total. The van der Waals surface area contributed by atoms with Gasteiger partial charge in [-0.15, -0.1) is 0 Å². The molecule has 4 heterocycles. The summed E-state index contributed by atoms with van der Waals surface area (Å²) < 4.78 is 11.7. The lowest BCUT2D eigenvalue weighted by Gasteiger charge is -2.33. The summed E-state index contributed by atoms with van der Waals surface area (Å²) in [4.78, 5) is 21.0. The average molecular weight is 569 g/mol. The van der Waals surface area contributed by atoms with Crippen molar-refractivity contribution in [2.75, 3.05) is 51.3 Å². The van der Waals surface area contributed by atoms with E-state index in [4.69, 9.17) is 14.5 Å². The minimum absolute atomic E-state index is 0.164. The molecule has 2 aromatic carbocycles. The summed E-state index contributed by atoms with van der Waals surface area (Å²) in [7, 11) is 1.53. The summed E-state index contributed by atoms with van der Waals surface area (Å²) >= 11 is 0. The third-order valence-electron chi connectivity index (χ3n) is 8.58. The van der Waals surface area contributed by atoms with Gasteiger partial charge in [0.05, 0.1) is 30.7 Å². The Morgan fingerprint density at radius 1 is 1.21 bits per heavy atom. The Morgan fingerprint density at radius 2 is 1.98 bits per heavy atom. The largest absolute Gasteiger partial charge is 0.487 e. The number of rotatable bonds is 7. The molecule has 0 saturated carbocycles. The molecule has 0 radical (unpaired) electrons. The predicted octanol–water partition coefficient (Wildman–Crippen LogP) is 2.36. The van der Waals surface area contributed by atoms with Gasteiger partial charge in [0.1, 0.15) is 24.1 Å². The monoisotopic (exact) mass is 568 g/mol. The van der Waals surface area contributed by atoms with E-state index in [-0.39, 0.29) is 18.2 Å². The van der Waals surface area contributed by atoms with Crippen LogP contribution in [0.4, 0.5) is 5.69 Å². The maximum atomic E-state index is 12.3. The Hall–Kier alpha value is -4.17. The van der Waals surface area contributed by atoms with Crippen LogP contribution >= 0.6 is 0 Å². The van der Waals surface area contributed by atoms with Gasteiger partial charge in [0.25, 0.3) is 5.91 Å².